The molecule has 1 aliphatic rings. The van der Waals surface area contributed by atoms with Gasteiger partial charge in [-0.1, -0.05) is 20.3 Å². The van der Waals surface area contributed by atoms with E-state index in [4.69, 9.17) is 9.47 Å². The molecule has 1 amide bonds. The Kier molecular flexibility index (Phi) is 8.24. The van der Waals surface area contributed by atoms with E-state index in [1.807, 2.05) is 20.8 Å². The molecule has 1 unspecified atom stereocenters. The lowest BCUT2D eigenvalue weighted by molar-refractivity contribution is -0.143. The quantitative estimate of drug-likeness (QED) is 0.583. The van der Waals surface area contributed by atoms with Crippen LogP contribution in [-0.4, -0.2) is 49.6 Å². The van der Waals surface area contributed by atoms with Crippen molar-refractivity contribution in [3.05, 3.63) is 23.8 Å². The molecule has 3 atom stereocenters. The maximum Gasteiger partial charge on any atom is 0.407 e. The van der Waals surface area contributed by atoms with Gasteiger partial charge in [-0.2, -0.15) is 5.10 Å². The highest BCUT2D eigenvalue weighted by Gasteiger charge is 2.28. The summed E-state index contributed by atoms with van der Waals surface area (Å²) in [5.41, 5.74) is 2.12. The van der Waals surface area contributed by atoms with E-state index in [1.165, 1.54) is 0 Å². The summed E-state index contributed by atoms with van der Waals surface area (Å²) in [6, 6.07) is 0. The van der Waals surface area contributed by atoms with Crippen molar-refractivity contribution in [3.8, 4) is 17.1 Å². The third kappa shape index (κ3) is 6.43. The van der Waals surface area contributed by atoms with Gasteiger partial charge in [-0.25, -0.2) is 14.8 Å². The summed E-state index contributed by atoms with van der Waals surface area (Å²) in [5, 5.41) is 16.3. The first-order valence-corrected chi connectivity index (χ1v) is 11.4. The van der Waals surface area contributed by atoms with Crippen LogP contribution in [-0.2, 0) is 23.1 Å². The summed E-state index contributed by atoms with van der Waals surface area (Å²) in [6.07, 6.45) is 6.40. The maximum atomic E-state index is 12.0. The normalized spacial score (nSPS) is 19.0. The minimum absolute atomic E-state index is 0.160. The molecular weight excluding hydrogens is 426 g/mol. The largest absolute Gasteiger partial charge is 0.487 e. The minimum atomic E-state index is -0.770. The monoisotopic (exact) mass is 459 g/mol. The van der Waals surface area contributed by atoms with E-state index in [2.05, 4.69) is 20.4 Å². The van der Waals surface area contributed by atoms with E-state index in [1.54, 1.807) is 24.1 Å². The van der Waals surface area contributed by atoms with Crippen molar-refractivity contribution < 1.29 is 24.2 Å². The predicted molar refractivity (Wildman–Crippen MR) is 121 cm³/mol. The van der Waals surface area contributed by atoms with Gasteiger partial charge >= 0.3 is 12.1 Å². The summed E-state index contributed by atoms with van der Waals surface area (Å²) in [7, 11) is 1.79. The van der Waals surface area contributed by atoms with Gasteiger partial charge in [0.25, 0.3) is 0 Å². The van der Waals surface area contributed by atoms with Crippen molar-refractivity contribution in [1.29, 1.82) is 0 Å². The van der Waals surface area contributed by atoms with Gasteiger partial charge in [0.2, 0.25) is 0 Å². The zero-order valence-corrected chi connectivity index (χ0v) is 19.7. The van der Waals surface area contributed by atoms with Gasteiger partial charge in [0.15, 0.2) is 11.6 Å². The first kappa shape index (κ1) is 24.5. The fraction of sp³-hybridized carbons (Fsp3) is 0.609. The van der Waals surface area contributed by atoms with Crippen molar-refractivity contribution in [2.75, 3.05) is 6.61 Å². The molecule has 33 heavy (non-hydrogen) atoms. The molecule has 0 aliphatic heterocycles. The second kappa shape index (κ2) is 11.1. The Hall–Kier alpha value is -3.17. The maximum absolute atomic E-state index is 12.0. The molecule has 0 saturated heterocycles. The van der Waals surface area contributed by atoms with Gasteiger partial charge < -0.3 is 19.9 Å². The Labute approximate surface area is 193 Å². The van der Waals surface area contributed by atoms with Crippen molar-refractivity contribution in [2.45, 2.75) is 65.5 Å². The van der Waals surface area contributed by atoms with Crippen LogP contribution in [0.2, 0.25) is 0 Å². The molecule has 1 fully saturated rings. The Morgan fingerprint density at radius 2 is 2.12 bits per heavy atom. The van der Waals surface area contributed by atoms with E-state index < -0.39 is 12.1 Å². The van der Waals surface area contributed by atoms with Crippen LogP contribution in [0.1, 0.15) is 57.3 Å². The number of alkyl carbamates (subject to hydrolysis) is 1. The van der Waals surface area contributed by atoms with Gasteiger partial charge in [0.05, 0.1) is 54.5 Å². The number of aromatic nitrogens is 4. The topological polar surface area (TPSA) is 128 Å². The summed E-state index contributed by atoms with van der Waals surface area (Å²) in [5.74, 6) is 0.195. The lowest BCUT2D eigenvalue weighted by Crippen LogP contribution is -2.29. The fourth-order valence-electron chi connectivity index (χ4n) is 3.76. The highest BCUT2D eigenvalue weighted by molar-refractivity contribution is 5.70. The lowest BCUT2D eigenvalue weighted by atomic mass is 9.87. The van der Waals surface area contributed by atoms with E-state index in [0.717, 1.165) is 25.0 Å². The molecular formula is C23H33N5O5. The van der Waals surface area contributed by atoms with Gasteiger partial charge in [0, 0.05) is 7.05 Å². The summed E-state index contributed by atoms with van der Waals surface area (Å²) in [6.45, 7) is 6.51. The molecule has 0 spiro atoms. The smallest absolute Gasteiger partial charge is 0.407 e. The minimum Gasteiger partial charge on any atom is -0.487 e. The highest BCUT2D eigenvalue weighted by Crippen LogP contribution is 2.30. The number of aryl methyl sites for hydroxylation is 2. The molecule has 1 saturated carbocycles. The molecule has 10 heteroatoms. The average molecular weight is 460 g/mol. The Morgan fingerprint density at radius 1 is 1.33 bits per heavy atom. The first-order chi connectivity index (χ1) is 15.8. The number of carboxylic acids is 1. The lowest BCUT2D eigenvalue weighted by Gasteiger charge is -2.27. The van der Waals surface area contributed by atoms with Crippen LogP contribution in [0.4, 0.5) is 4.79 Å². The number of hydrogen-bond donors (Lipinski definition) is 2. The number of carbonyl (C=O) groups is 2. The zero-order chi connectivity index (χ0) is 24.0. The Bertz CT molecular complexity index is 976. The average Bonchev–Trinajstić information content (AvgIpc) is 3.17. The molecule has 0 bridgehead atoms. The summed E-state index contributed by atoms with van der Waals surface area (Å²) >= 11 is 0. The molecule has 1 aliphatic carbocycles. The Balaban J connectivity index is 1.66. The number of rotatable bonds is 9. The number of hydrogen-bond acceptors (Lipinski definition) is 7. The molecule has 0 radical (unpaired) electrons. The number of carbonyl (C=O) groups excluding carboxylic acids is 1. The van der Waals surface area contributed by atoms with Crippen molar-refractivity contribution >= 4 is 12.1 Å². The van der Waals surface area contributed by atoms with E-state index in [0.29, 0.717) is 48.2 Å². The summed E-state index contributed by atoms with van der Waals surface area (Å²) in [4.78, 5) is 32.4. The number of carboxylic acid groups (broad SMARTS) is 1. The molecule has 2 aromatic heterocycles. The third-order valence-corrected chi connectivity index (χ3v) is 6.10. The number of amides is 1. The van der Waals surface area contributed by atoms with Gasteiger partial charge in [-0.05, 0) is 38.5 Å². The van der Waals surface area contributed by atoms with Crippen LogP contribution in [0.3, 0.4) is 0 Å². The van der Waals surface area contributed by atoms with Crippen LogP contribution in [0.5, 0.6) is 5.75 Å². The van der Waals surface area contributed by atoms with Gasteiger partial charge in [0.1, 0.15) is 0 Å². The molecule has 10 nitrogen and oxygen atoms in total. The van der Waals surface area contributed by atoms with Crippen molar-refractivity contribution in [1.82, 2.24) is 25.1 Å². The van der Waals surface area contributed by atoms with Crippen LogP contribution >= 0.6 is 0 Å². The van der Waals surface area contributed by atoms with Crippen LogP contribution in [0.25, 0.3) is 11.4 Å². The van der Waals surface area contributed by atoms with Gasteiger partial charge in [-0.15, -0.1) is 0 Å². The van der Waals surface area contributed by atoms with Crippen molar-refractivity contribution in [2.24, 2.45) is 18.9 Å². The molecule has 2 heterocycles. The van der Waals surface area contributed by atoms with E-state index >= 15 is 0 Å². The van der Waals surface area contributed by atoms with Crippen LogP contribution in [0, 0.1) is 18.8 Å². The van der Waals surface area contributed by atoms with Gasteiger partial charge in [-0.3, -0.25) is 9.48 Å². The zero-order valence-electron chi connectivity index (χ0n) is 19.7. The van der Waals surface area contributed by atoms with Crippen molar-refractivity contribution in [3.63, 3.8) is 0 Å². The molecule has 2 aromatic rings. The van der Waals surface area contributed by atoms with Crippen LogP contribution in [0.15, 0.2) is 12.4 Å². The number of aliphatic carboxylic acids is 1. The second-order valence-corrected chi connectivity index (χ2v) is 8.68. The highest BCUT2D eigenvalue weighted by atomic mass is 16.5. The summed E-state index contributed by atoms with van der Waals surface area (Å²) < 4.78 is 13.0. The molecule has 180 valence electrons. The molecule has 3 rings (SSSR count). The molecule has 0 aromatic carbocycles. The SMILES string of the molecule is CCC(C)COC(=O)NCc1c(-c2ncc(O[C@H]3CCC[C@H](C(=O)O)C3)c(C)n2)cnn1C. The number of nitrogens with one attached hydrogen (secondary N) is 1. The van der Waals surface area contributed by atoms with E-state index in [-0.39, 0.29) is 18.6 Å². The number of ether oxygens (including phenoxy) is 2. The number of nitrogens with zero attached hydrogens (tertiary/aromatic N) is 4. The fourth-order valence-corrected chi connectivity index (χ4v) is 3.76. The van der Waals surface area contributed by atoms with E-state index in [9.17, 15) is 14.7 Å². The Morgan fingerprint density at radius 3 is 2.82 bits per heavy atom. The van der Waals surface area contributed by atoms with Crippen LogP contribution < -0.4 is 10.1 Å². The standard InChI is InChI=1S/C23H33N5O5/c1-5-14(2)13-32-23(31)25-11-19-18(10-26-28(19)4)21-24-12-20(15(3)27-21)33-17-8-6-7-16(9-17)22(29)30/h10,12,14,16-17H,5-9,11,13H2,1-4H3,(H,25,31)(H,29,30)/t14?,16-,17-/m0/s1. The molecule has 2 N–H and O–H groups in total. The third-order valence-electron chi connectivity index (χ3n) is 6.10. The second-order valence-electron chi connectivity index (χ2n) is 8.68. The first-order valence-electron chi connectivity index (χ1n) is 11.4. The predicted octanol–water partition coefficient (Wildman–Crippen LogP) is 3.48.